The van der Waals surface area contributed by atoms with Gasteiger partial charge in [0, 0.05) is 17.7 Å². The van der Waals surface area contributed by atoms with Crippen molar-refractivity contribution in [2.45, 2.75) is 32.7 Å². The Morgan fingerprint density at radius 2 is 1.85 bits per heavy atom. The van der Waals surface area contributed by atoms with Gasteiger partial charge < -0.3 is 15.4 Å². The van der Waals surface area contributed by atoms with Crippen LogP contribution < -0.4 is 15.4 Å². The van der Waals surface area contributed by atoms with E-state index < -0.39 is 0 Å². The van der Waals surface area contributed by atoms with E-state index in [1.807, 2.05) is 12.1 Å². The maximum absolute atomic E-state index is 13.1. The third kappa shape index (κ3) is 3.27. The summed E-state index contributed by atoms with van der Waals surface area (Å²) in [5.74, 6) is 1.77. The summed E-state index contributed by atoms with van der Waals surface area (Å²) in [5.41, 5.74) is 2.33. The van der Waals surface area contributed by atoms with Crippen molar-refractivity contribution in [1.29, 1.82) is 0 Å². The first-order valence-electron chi connectivity index (χ1n) is 8.44. The number of halogens is 2. The Kier molecular flexibility index (Phi) is 4.54. The third-order valence-corrected chi connectivity index (χ3v) is 5.98. The van der Waals surface area contributed by atoms with Crippen molar-refractivity contribution < 1.29 is 14.2 Å². The molecule has 142 valence electrons. The van der Waals surface area contributed by atoms with Crippen molar-refractivity contribution in [2.24, 2.45) is 5.41 Å². The van der Waals surface area contributed by atoms with Crippen LogP contribution in [0.1, 0.15) is 38.3 Å². The fourth-order valence-corrected chi connectivity index (χ4v) is 5.24. The molecule has 1 aromatic heterocycles. The number of carbonyl (C=O) groups excluding carboxylic acids is 1. The molecule has 0 amide bonds. The molecule has 0 saturated carbocycles. The number of methoxy groups -OCH3 is 1. The molecule has 0 radical (unpaired) electrons. The van der Waals surface area contributed by atoms with E-state index in [9.17, 15) is 4.79 Å². The van der Waals surface area contributed by atoms with Crippen LogP contribution in [0.3, 0.4) is 0 Å². The molecule has 2 heterocycles. The monoisotopic (exact) mass is 496 g/mol. The minimum atomic E-state index is -0.386. The van der Waals surface area contributed by atoms with E-state index in [1.165, 1.54) is 0 Å². The molecule has 7 nitrogen and oxygen atoms in total. The highest BCUT2D eigenvalue weighted by molar-refractivity contribution is 9.11. The van der Waals surface area contributed by atoms with Gasteiger partial charge in [-0.25, -0.2) is 4.63 Å². The second kappa shape index (κ2) is 6.63. The maximum atomic E-state index is 13.1. The first-order valence-corrected chi connectivity index (χ1v) is 10.0. The highest BCUT2D eigenvalue weighted by Crippen LogP contribution is 2.46. The molecule has 9 heteroatoms. The minimum Gasteiger partial charge on any atom is -0.494 e. The molecule has 1 aliphatic carbocycles. The largest absolute Gasteiger partial charge is 0.494 e. The van der Waals surface area contributed by atoms with Gasteiger partial charge in [-0.05, 0) is 71.7 Å². The first-order chi connectivity index (χ1) is 12.8. The molecule has 1 aliphatic heterocycles. The van der Waals surface area contributed by atoms with Crippen molar-refractivity contribution in [1.82, 2.24) is 10.3 Å². The van der Waals surface area contributed by atoms with Crippen LogP contribution in [0.2, 0.25) is 0 Å². The van der Waals surface area contributed by atoms with E-state index in [2.05, 4.69) is 66.7 Å². The Bertz CT molecular complexity index is 944. The summed E-state index contributed by atoms with van der Waals surface area (Å²) >= 11 is 7.09. The van der Waals surface area contributed by atoms with Gasteiger partial charge in [0.25, 0.3) is 0 Å². The molecule has 0 saturated heterocycles. The van der Waals surface area contributed by atoms with Crippen molar-refractivity contribution >= 4 is 49.3 Å². The summed E-state index contributed by atoms with van der Waals surface area (Å²) in [6, 6.07) is 3.50. The number of hydrogen-bond donors (Lipinski definition) is 2. The molecular formula is C18H18Br2N4O3. The van der Waals surface area contributed by atoms with Crippen LogP contribution in [0.15, 0.2) is 37.0 Å². The Hall–Kier alpha value is -1.87. The molecule has 0 bridgehead atoms. The summed E-state index contributed by atoms with van der Waals surface area (Å²) in [7, 11) is 1.61. The fourth-order valence-electron chi connectivity index (χ4n) is 3.69. The number of fused-ring (bicyclic) bond motifs is 1. The maximum Gasteiger partial charge on any atom is 0.219 e. The summed E-state index contributed by atoms with van der Waals surface area (Å²) < 4.78 is 11.9. The normalized spacial score (nSPS) is 20.9. The number of Topliss-reactive ketones (excluding diaryl/α,β-unsaturated/α-hetero) is 1. The van der Waals surface area contributed by atoms with E-state index in [0.717, 1.165) is 26.6 Å². The molecule has 27 heavy (non-hydrogen) atoms. The second-order valence-corrected chi connectivity index (χ2v) is 9.22. The molecule has 0 spiro atoms. The SMILES string of the molecule is COc1c(Br)cc(C2Nc3nonc3NC3=C2C(=O)CC(C)(C)C3)cc1Br. The predicted molar refractivity (Wildman–Crippen MR) is 108 cm³/mol. The highest BCUT2D eigenvalue weighted by Gasteiger charge is 2.40. The molecule has 1 atom stereocenters. The van der Waals surface area contributed by atoms with E-state index in [4.69, 9.17) is 9.37 Å². The zero-order valence-electron chi connectivity index (χ0n) is 15.0. The quantitative estimate of drug-likeness (QED) is 0.614. The number of rotatable bonds is 2. The van der Waals surface area contributed by atoms with Crippen molar-refractivity contribution in [3.05, 3.63) is 37.9 Å². The smallest absolute Gasteiger partial charge is 0.219 e. The third-order valence-electron chi connectivity index (χ3n) is 4.81. The van der Waals surface area contributed by atoms with Crippen LogP contribution in [0.25, 0.3) is 0 Å². The highest BCUT2D eigenvalue weighted by atomic mass is 79.9. The van der Waals surface area contributed by atoms with Crippen molar-refractivity contribution in [3.8, 4) is 5.75 Å². The number of benzene rings is 1. The summed E-state index contributed by atoms with van der Waals surface area (Å²) in [4.78, 5) is 13.1. The number of anilines is 2. The zero-order chi connectivity index (χ0) is 19.3. The van der Waals surface area contributed by atoms with Crippen LogP contribution >= 0.6 is 31.9 Å². The van der Waals surface area contributed by atoms with E-state index in [1.54, 1.807) is 7.11 Å². The van der Waals surface area contributed by atoms with Gasteiger partial charge in [0.2, 0.25) is 11.6 Å². The average molecular weight is 498 g/mol. The van der Waals surface area contributed by atoms with Gasteiger partial charge in [0.1, 0.15) is 5.75 Å². The van der Waals surface area contributed by atoms with Gasteiger partial charge in [0.05, 0.1) is 22.1 Å². The number of ether oxygens (including phenoxy) is 1. The first kappa shape index (κ1) is 18.5. The lowest BCUT2D eigenvalue weighted by Crippen LogP contribution is -2.31. The van der Waals surface area contributed by atoms with Crippen LogP contribution in [0.5, 0.6) is 5.75 Å². The lowest BCUT2D eigenvalue weighted by atomic mass is 9.73. The molecule has 2 aromatic rings. The van der Waals surface area contributed by atoms with Gasteiger partial charge in [-0.3, -0.25) is 4.79 Å². The summed E-state index contributed by atoms with van der Waals surface area (Å²) in [6.45, 7) is 4.18. The number of nitrogens with one attached hydrogen (secondary N) is 2. The molecule has 1 aromatic carbocycles. The van der Waals surface area contributed by atoms with Crippen LogP contribution in [0.4, 0.5) is 11.6 Å². The standard InChI is InChI=1S/C18H18Br2N4O3/c1-18(2)6-11-13(12(25)7-18)14(22-17-16(21-11)23-27-24-17)8-4-9(19)15(26-3)10(20)5-8/h4-5,14H,6-7H2,1-3H3,(H,21,23)(H,22,24). The van der Waals surface area contributed by atoms with Crippen LogP contribution in [0, 0.1) is 5.41 Å². The summed E-state index contributed by atoms with van der Waals surface area (Å²) in [5, 5.41) is 14.4. The molecule has 2 aliphatic rings. The fraction of sp³-hybridized carbons (Fsp3) is 0.389. The summed E-state index contributed by atoms with van der Waals surface area (Å²) in [6.07, 6.45) is 1.22. The number of ketones is 1. The Morgan fingerprint density at radius 3 is 2.52 bits per heavy atom. The number of carbonyl (C=O) groups is 1. The Morgan fingerprint density at radius 1 is 1.19 bits per heavy atom. The van der Waals surface area contributed by atoms with Crippen molar-refractivity contribution in [3.63, 3.8) is 0 Å². The number of hydrogen-bond acceptors (Lipinski definition) is 7. The molecule has 0 fully saturated rings. The predicted octanol–water partition coefficient (Wildman–Crippen LogP) is 4.83. The van der Waals surface area contributed by atoms with E-state index >= 15 is 0 Å². The van der Waals surface area contributed by atoms with Gasteiger partial charge in [-0.15, -0.1) is 0 Å². The van der Waals surface area contributed by atoms with Crippen molar-refractivity contribution in [2.75, 3.05) is 17.7 Å². The lowest BCUT2D eigenvalue weighted by Gasteiger charge is -2.34. The number of allylic oxidation sites excluding steroid dienone is 1. The van der Waals surface area contributed by atoms with Gasteiger partial charge >= 0.3 is 0 Å². The van der Waals surface area contributed by atoms with Gasteiger partial charge in [-0.2, -0.15) is 0 Å². The van der Waals surface area contributed by atoms with Gasteiger partial charge in [0.15, 0.2) is 5.78 Å². The number of nitrogens with zero attached hydrogens (tertiary/aromatic N) is 2. The number of aromatic nitrogens is 2. The molecular weight excluding hydrogens is 480 g/mol. The van der Waals surface area contributed by atoms with Gasteiger partial charge in [-0.1, -0.05) is 13.8 Å². The van der Waals surface area contributed by atoms with Crippen LogP contribution in [-0.4, -0.2) is 23.2 Å². The Balaban J connectivity index is 1.89. The Labute approximate surface area is 173 Å². The zero-order valence-corrected chi connectivity index (χ0v) is 18.2. The molecule has 1 unspecified atom stereocenters. The topological polar surface area (TPSA) is 89.3 Å². The van der Waals surface area contributed by atoms with Crippen LogP contribution in [-0.2, 0) is 4.79 Å². The lowest BCUT2D eigenvalue weighted by molar-refractivity contribution is -0.118. The minimum absolute atomic E-state index is 0.108. The van der Waals surface area contributed by atoms with E-state index in [0.29, 0.717) is 29.4 Å². The van der Waals surface area contributed by atoms with E-state index in [-0.39, 0.29) is 17.2 Å². The second-order valence-electron chi connectivity index (χ2n) is 7.51. The molecule has 2 N–H and O–H groups in total. The molecule has 4 rings (SSSR count). The average Bonchev–Trinajstić information content (AvgIpc) is 2.92.